The van der Waals surface area contributed by atoms with Crippen LogP contribution in [0.4, 0.5) is 0 Å². The summed E-state index contributed by atoms with van der Waals surface area (Å²) in [4.78, 5) is 10.0. The van der Waals surface area contributed by atoms with Crippen LogP contribution in [0.5, 0.6) is 5.75 Å². The second kappa shape index (κ2) is 6.87. The summed E-state index contributed by atoms with van der Waals surface area (Å²) < 4.78 is 10.2. The molecule has 0 radical (unpaired) electrons. The fourth-order valence-electron chi connectivity index (χ4n) is 1.19. The molecule has 0 N–H and O–H groups in total. The zero-order valence-corrected chi connectivity index (χ0v) is 8.94. The largest absolute Gasteiger partial charge is 0.494 e. The van der Waals surface area contributed by atoms with E-state index in [1.54, 1.807) is 0 Å². The first-order valence-electron chi connectivity index (χ1n) is 5.13. The summed E-state index contributed by atoms with van der Waals surface area (Å²) in [5, 5.41) is 0. The van der Waals surface area contributed by atoms with Crippen molar-refractivity contribution in [3.05, 3.63) is 29.8 Å². The van der Waals surface area contributed by atoms with Crippen LogP contribution in [0.25, 0.3) is 0 Å². The van der Waals surface area contributed by atoms with Gasteiger partial charge in [-0.25, -0.2) is 0 Å². The van der Waals surface area contributed by atoms with Gasteiger partial charge in [0.1, 0.15) is 12.4 Å². The first-order chi connectivity index (χ1) is 7.36. The molecule has 15 heavy (non-hydrogen) atoms. The van der Waals surface area contributed by atoms with E-state index in [-0.39, 0.29) is 0 Å². The predicted molar refractivity (Wildman–Crippen MR) is 57.7 cm³/mol. The highest BCUT2D eigenvalue weighted by atomic mass is 16.5. The lowest BCUT2D eigenvalue weighted by atomic mass is 10.2. The number of carbonyl (C=O) groups is 1. The van der Waals surface area contributed by atoms with Crippen molar-refractivity contribution in [2.24, 2.45) is 0 Å². The summed E-state index contributed by atoms with van der Waals surface area (Å²) in [5.74, 6) is 0.829. The third-order valence-corrected chi connectivity index (χ3v) is 1.98. The number of rotatable bonds is 7. The van der Waals surface area contributed by atoms with Gasteiger partial charge in [-0.3, -0.25) is 4.79 Å². The second-order valence-corrected chi connectivity index (χ2v) is 3.26. The Morgan fingerprint density at radius 2 is 2.27 bits per heavy atom. The van der Waals surface area contributed by atoms with Gasteiger partial charge in [0.25, 0.3) is 6.47 Å². The lowest BCUT2D eigenvalue weighted by Crippen LogP contribution is -1.97. The van der Waals surface area contributed by atoms with Gasteiger partial charge in [0, 0.05) is 0 Å². The van der Waals surface area contributed by atoms with Gasteiger partial charge in [0.05, 0.1) is 6.61 Å². The Bertz CT molecular complexity index is 297. The Kier molecular flexibility index (Phi) is 5.30. The molecule has 0 aliphatic rings. The van der Waals surface area contributed by atoms with Crippen LogP contribution >= 0.6 is 0 Å². The number of hydrogen-bond acceptors (Lipinski definition) is 3. The smallest absolute Gasteiger partial charge is 0.293 e. The summed E-state index contributed by atoms with van der Waals surface area (Å²) in [6.45, 7) is 3.60. The molecule has 0 spiro atoms. The van der Waals surface area contributed by atoms with Crippen LogP contribution in [0, 0.1) is 0 Å². The molecule has 1 rings (SSSR count). The lowest BCUT2D eigenvalue weighted by Gasteiger charge is -2.06. The van der Waals surface area contributed by atoms with E-state index < -0.39 is 0 Å². The van der Waals surface area contributed by atoms with Crippen LogP contribution in [0.15, 0.2) is 24.3 Å². The Labute approximate surface area is 90.0 Å². The first kappa shape index (κ1) is 11.6. The quantitative estimate of drug-likeness (QED) is 0.510. The van der Waals surface area contributed by atoms with E-state index in [2.05, 4.69) is 11.7 Å². The molecule has 0 heterocycles. The lowest BCUT2D eigenvalue weighted by molar-refractivity contribution is -0.129. The summed E-state index contributed by atoms with van der Waals surface area (Å²) in [7, 11) is 0. The molecule has 0 saturated carbocycles. The van der Waals surface area contributed by atoms with Gasteiger partial charge in [0.15, 0.2) is 0 Å². The van der Waals surface area contributed by atoms with Crippen LogP contribution in [0.2, 0.25) is 0 Å². The van der Waals surface area contributed by atoms with Crippen molar-refractivity contribution in [3.8, 4) is 5.75 Å². The molecule has 82 valence electrons. The van der Waals surface area contributed by atoms with Crippen molar-refractivity contribution in [2.75, 3.05) is 6.61 Å². The minimum absolute atomic E-state index is 0.300. The monoisotopic (exact) mass is 208 g/mol. The molecule has 0 saturated heterocycles. The van der Waals surface area contributed by atoms with Crippen molar-refractivity contribution in [1.29, 1.82) is 0 Å². The van der Waals surface area contributed by atoms with Gasteiger partial charge < -0.3 is 9.47 Å². The zero-order chi connectivity index (χ0) is 10.9. The molecular formula is C12H16O3. The topological polar surface area (TPSA) is 35.5 Å². The molecule has 3 nitrogen and oxygen atoms in total. The van der Waals surface area contributed by atoms with Gasteiger partial charge in [0.2, 0.25) is 0 Å². The van der Waals surface area contributed by atoms with E-state index in [1.165, 1.54) is 0 Å². The molecular weight excluding hydrogens is 192 g/mol. The number of carbonyl (C=O) groups excluding carboxylic acids is 1. The van der Waals surface area contributed by atoms with Crippen molar-refractivity contribution in [1.82, 2.24) is 0 Å². The van der Waals surface area contributed by atoms with E-state index in [0.29, 0.717) is 13.1 Å². The van der Waals surface area contributed by atoms with Crippen LogP contribution in [-0.4, -0.2) is 13.1 Å². The maximum atomic E-state index is 10.0. The van der Waals surface area contributed by atoms with E-state index >= 15 is 0 Å². The van der Waals surface area contributed by atoms with E-state index in [1.807, 2.05) is 24.3 Å². The standard InChI is InChI=1S/C12H16O3/c1-2-3-7-15-12-6-4-5-11(8-12)9-14-10-13/h4-6,8,10H,2-3,7,9H2,1H3. The maximum Gasteiger partial charge on any atom is 0.293 e. The second-order valence-electron chi connectivity index (χ2n) is 3.26. The number of unbranched alkanes of at least 4 members (excludes halogenated alkanes) is 1. The molecule has 0 atom stereocenters. The van der Waals surface area contributed by atoms with E-state index in [4.69, 9.17) is 4.74 Å². The fourth-order valence-corrected chi connectivity index (χ4v) is 1.19. The minimum Gasteiger partial charge on any atom is -0.494 e. The minimum atomic E-state index is 0.300. The van der Waals surface area contributed by atoms with Crippen molar-refractivity contribution >= 4 is 6.47 Å². The third-order valence-electron chi connectivity index (χ3n) is 1.98. The Hall–Kier alpha value is -1.51. The summed E-state index contributed by atoms with van der Waals surface area (Å²) in [6.07, 6.45) is 2.17. The summed E-state index contributed by atoms with van der Waals surface area (Å²) in [5.41, 5.74) is 0.941. The zero-order valence-electron chi connectivity index (χ0n) is 8.94. The molecule has 0 aromatic heterocycles. The summed E-state index contributed by atoms with van der Waals surface area (Å²) in [6, 6.07) is 7.58. The molecule has 1 aromatic rings. The van der Waals surface area contributed by atoms with Gasteiger partial charge in [-0.05, 0) is 24.1 Å². The normalized spacial score (nSPS) is 9.67. The predicted octanol–water partition coefficient (Wildman–Crippen LogP) is 2.54. The van der Waals surface area contributed by atoms with Gasteiger partial charge in [-0.1, -0.05) is 25.5 Å². The highest BCUT2D eigenvalue weighted by Crippen LogP contribution is 2.14. The van der Waals surface area contributed by atoms with Crippen molar-refractivity contribution in [3.63, 3.8) is 0 Å². The van der Waals surface area contributed by atoms with Gasteiger partial charge >= 0.3 is 0 Å². The highest BCUT2D eigenvalue weighted by Gasteiger charge is 1.96. The number of hydrogen-bond donors (Lipinski definition) is 0. The Morgan fingerprint density at radius 3 is 3.00 bits per heavy atom. The van der Waals surface area contributed by atoms with Crippen LogP contribution in [0.1, 0.15) is 25.3 Å². The van der Waals surface area contributed by atoms with Crippen LogP contribution < -0.4 is 4.74 Å². The van der Waals surface area contributed by atoms with Crippen molar-refractivity contribution in [2.45, 2.75) is 26.4 Å². The first-order valence-corrected chi connectivity index (χ1v) is 5.13. The SMILES string of the molecule is CCCCOc1cccc(COC=O)c1. The van der Waals surface area contributed by atoms with Crippen molar-refractivity contribution < 1.29 is 14.3 Å². The Balaban J connectivity index is 2.46. The molecule has 0 fully saturated rings. The fraction of sp³-hybridized carbons (Fsp3) is 0.417. The number of benzene rings is 1. The van der Waals surface area contributed by atoms with Gasteiger partial charge in [-0.15, -0.1) is 0 Å². The third kappa shape index (κ3) is 4.49. The number of ether oxygens (including phenoxy) is 2. The molecule has 0 amide bonds. The average molecular weight is 208 g/mol. The van der Waals surface area contributed by atoms with Crippen LogP contribution in [-0.2, 0) is 16.1 Å². The van der Waals surface area contributed by atoms with E-state index in [9.17, 15) is 4.79 Å². The Morgan fingerprint density at radius 1 is 1.40 bits per heavy atom. The maximum absolute atomic E-state index is 10.0. The molecule has 0 unspecified atom stereocenters. The molecule has 0 aliphatic heterocycles. The highest BCUT2D eigenvalue weighted by molar-refractivity contribution is 5.38. The van der Waals surface area contributed by atoms with E-state index in [0.717, 1.165) is 30.8 Å². The molecule has 3 heteroatoms. The molecule has 0 aliphatic carbocycles. The molecule has 1 aromatic carbocycles. The van der Waals surface area contributed by atoms with Gasteiger partial charge in [-0.2, -0.15) is 0 Å². The van der Waals surface area contributed by atoms with Crippen LogP contribution in [0.3, 0.4) is 0 Å². The summed E-state index contributed by atoms with van der Waals surface area (Å²) >= 11 is 0. The average Bonchev–Trinajstić information content (AvgIpc) is 2.27. The molecule has 0 bridgehead atoms.